The first-order chi connectivity index (χ1) is 16.6. The van der Waals surface area contributed by atoms with Crippen LogP contribution in [0.4, 0.5) is 0 Å². The highest BCUT2D eigenvalue weighted by molar-refractivity contribution is 7.58. The Morgan fingerprint density at radius 2 is 1.80 bits per heavy atom. The molecule has 0 spiro atoms. The van der Waals surface area contributed by atoms with Gasteiger partial charge in [0.2, 0.25) is 7.37 Å². The molecule has 0 radical (unpaired) electrons. The van der Waals surface area contributed by atoms with Gasteiger partial charge in [-0.1, -0.05) is 55.8 Å². The molecule has 1 saturated heterocycles. The molecule has 2 atom stereocenters. The number of aromatic hydroxyl groups is 1. The number of rotatable bonds is 7. The van der Waals surface area contributed by atoms with Crippen molar-refractivity contribution >= 4 is 7.37 Å². The van der Waals surface area contributed by atoms with Crippen molar-refractivity contribution in [1.82, 2.24) is 0 Å². The molecule has 3 aromatic carbocycles. The molecule has 1 aliphatic heterocycles. The Labute approximate surface area is 209 Å². The Bertz CT molecular complexity index is 1220. The van der Waals surface area contributed by atoms with Crippen molar-refractivity contribution in [2.24, 2.45) is 0 Å². The van der Waals surface area contributed by atoms with Gasteiger partial charge in [-0.05, 0) is 97.0 Å². The lowest BCUT2D eigenvalue weighted by atomic mass is 9.93. The van der Waals surface area contributed by atoms with Crippen LogP contribution < -0.4 is 4.74 Å². The molecule has 35 heavy (non-hydrogen) atoms. The molecule has 0 aromatic heterocycles. The summed E-state index contributed by atoms with van der Waals surface area (Å²) in [5, 5.41) is 10.1. The minimum Gasteiger partial charge on any atom is -0.508 e. The average molecular weight is 493 g/mol. The first-order valence-electron chi connectivity index (χ1n) is 12.5. The first-order valence-corrected chi connectivity index (χ1v) is 14.5. The largest absolute Gasteiger partial charge is 0.508 e. The summed E-state index contributed by atoms with van der Waals surface area (Å²) in [6.07, 6.45) is 2.29. The highest BCUT2D eigenvalue weighted by Gasteiger charge is 2.34. The number of hydrogen-bond donors (Lipinski definition) is 1. The Kier molecular flexibility index (Phi) is 7.73. The number of phenolic OH excluding ortho intramolecular Hbond substituents is 1. The van der Waals surface area contributed by atoms with Crippen molar-refractivity contribution in [1.29, 1.82) is 0 Å². The van der Waals surface area contributed by atoms with E-state index >= 15 is 0 Å². The van der Waals surface area contributed by atoms with E-state index in [0.717, 1.165) is 35.3 Å². The Morgan fingerprint density at radius 1 is 1.06 bits per heavy atom. The third-order valence-electron chi connectivity index (χ3n) is 7.00. The zero-order chi connectivity index (χ0) is 25.2. The monoisotopic (exact) mass is 492 g/mol. The third-order valence-corrected chi connectivity index (χ3v) is 9.17. The summed E-state index contributed by atoms with van der Waals surface area (Å²) in [5.74, 6) is 1.59. The van der Waals surface area contributed by atoms with Crippen molar-refractivity contribution in [3.8, 4) is 11.5 Å². The van der Waals surface area contributed by atoms with Crippen LogP contribution in [0.25, 0.3) is 0 Å². The molecule has 3 aromatic rings. The summed E-state index contributed by atoms with van der Waals surface area (Å²) in [6, 6.07) is 18.4. The van der Waals surface area contributed by atoms with Crippen LogP contribution in [0.5, 0.6) is 11.5 Å². The Hall–Kier alpha value is -2.55. The predicted molar refractivity (Wildman–Crippen MR) is 143 cm³/mol. The third kappa shape index (κ3) is 6.18. The molecular formula is C30H37O4P. The lowest BCUT2D eigenvalue weighted by molar-refractivity contribution is 0.250. The van der Waals surface area contributed by atoms with Gasteiger partial charge in [0.05, 0.1) is 6.61 Å². The van der Waals surface area contributed by atoms with Crippen LogP contribution in [0.3, 0.4) is 0 Å². The predicted octanol–water partition coefficient (Wildman–Crippen LogP) is 7.85. The molecule has 1 heterocycles. The quantitative estimate of drug-likeness (QED) is 0.341. The molecule has 186 valence electrons. The number of benzene rings is 3. The van der Waals surface area contributed by atoms with E-state index in [1.165, 1.54) is 22.3 Å². The second-order valence-electron chi connectivity index (χ2n) is 10.3. The minimum atomic E-state index is -2.88. The zero-order valence-electron chi connectivity index (χ0n) is 21.5. The second-order valence-corrected chi connectivity index (χ2v) is 12.8. The van der Waals surface area contributed by atoms with E-state index in [2.05, 4.69) is 65.0 Å². The number of phenols is 1. The molecule has 0 saturated carbocycles. The molecule has 0 amide bonds. The van der Waals surface area contributed by atoms with E-state index in [1.807, 2.05) is 18.2 Å². The second kappa shape index (κ2) is 10.6. The minimum absolute atomic E-state index is 0.100. The van der Waals surface area contributed by atoms with E-state index in [0.29, 0.717) is 18.5 Å². The van der Waals surface area contributed by atoms with Crippen molar-refractivity contribution in [3.63, 3.8) is 0 Å². The van der Waals surface area contributed by atoms with Crippen molar-refractivity contribution < 1.29 is 18.9 Å². The van der Waals surface area contributed by atoms with Gasteiger partial charge in [-0.3, -0.25) is 4.57 Å². The van der Waals surface area contributed by atoms with Crippen LogP contribution >= 0.6 is 7.37 Å². The Balaban J connectivity index is 1.45. The molecule has 1 aliphatic rings. The Morgan fingerprint density at radius 3 is 2.49 bits per heavy atom. The van der Waals surface area contributed by atoms with Crippen molar-refractivity contribution in [2.75, 3.05) is 19.1 Å². The van der Waals surface area contributed by atoms with Gasteiger partial charge in [-0.25, -0.2) is 0 Å². The molecule has 1 fully saturated rings. The molecule has 5 heteroatoms. The molecule has 1 unspecified atom stereocenters. The van der Waals surface area contributed by atoms with Gasteiger partial charge in [-0.2, -0.15) is 0 Å². The van der Waals surface area contributed by atoms with E-state index in [-0.39, 0.29) is 18.2 Å². The summed E-state index contributed by atoms with van der Waals surface area (Å²) in [5.41, 5.74) is 8.13. The van der Waals surface area contributed by atoms with Crippen LogP contribution in [0, 0.1) is 20.8 Å². The molecule has 1 N–H and O–H groups in total. The normalized spacial score (nSPS) is 20.2. The molecular weight excluding hydrogens is 455 g/mol. The SMILES string of the molecule is Cc1cccc([C@@H]2CCOP(=O)(COc3cc(C)c(Cc4ccc(O)c(C(C)C)c4)c(C)c3)C2)c1. The maximum absolute atomic E-state index is 13.5. The van der Waals surface area contributed by atoms with Gasteiger partial charge in [-0.15, -0.1) is 0 Å². The standard InChI is InChI=1S/C30H37O4P/c1-20(2)28-16-24(9-10-30(28)31)17-29-22(4)14-27(15-23(29)5)33-19-35(32)18-26(11-12-34-35)25-8-6-7-21(3)13-25/h6-10,13-16,20,26,31H,11-12,17-19H2,1-5H3/t26-,35?/m1/s1. The fraction of sp³-hybridized carbons (Fsp3) is 0.400. The van der Waals surface area contributed by atoms with Crippen LogP contribution in [-0.4, -0.2) is 24.2 Å². The van der Waals surface area contributed by atoms with Crippen LogP contribution in [-0.2, 0) is 15.5 Å². The lowest BCUT2D eigenvalue weighted by Gasteiger charge is -2.30. The fourth-order valence-electron chi connectivity index (χ4n) is 5.00. The summed E-state index contributed by atoms with van der Waals surface area (Å²) in [4.78, 5) is 0. The van der Waals surface area contributed by atoms with Crippen LogP contribution in [0.2, 0.25) is 0 Å². The van der Waals surface area contributed by atoms with Crippen molar-refractivity contribution in [3.05, 3.63) is 93.5 Å². The molecule has 4 nitrogen and oxygen atoms in total. The highest BCUT2D eigenvalue weighted by Crippen LogP contribution is 2.54. The number of ether oxygens (including phenoxy) is 1. The number of hydrogen-bond acceptors (Lipinski definition) is 4. The summed E-state index contributed by atoms with van der Waals surface area (Å²) in [7, 11) is -2.88. The summed E-state index contributed by atoms with van der Waals surface area (Å²) in [6.45, 7) is 10.9. The maximum atomic E-state index is 13.5. The smallest absolute Gasteiger partial charge is 0.239 e. The average Bonchev–Trinajstić information content (AvgIpc) is 2.81. The summed E-state index contributed by atoms with van der Waals surface area (Å²) < 4.78 is 25.4. The van der Waals surface area contributed by atoms with Gasteiger partial charge in [0.1, 0.15) is 11.5 Å². The van der Waals surface area contributed by atoms with E-state index in [1.54, 1.807) is 6.07 Å². The highest BCUT2D eigenvalue weighted by atomic mass is 31.2. The van der Waals surface area contributed by atoms with E-state index in [9.17, 15) is 9.67 Å². The molecule has 0 bridgehead atoms. The van der Waals surface area contributed by atoms with Crippen molar-refractivity contribution in [2.45, 2.75) is 59.3 Å². The molecule has 4 rings (SSSR count). The van der Waals surface area contributed by atoms with E-state index in [4.69, 9.17) is 9.26 Å². The van der Waals surface area contributed by atoms with Gasteiger partial charge in [0.25, 0.3) is 0 Å². The fourth-order valence-corrected chi connectivity index (χ4v) is 7.13. The summed E-state index contributed by atoms with van der Waals surface area (Å²) >= 11 is 0. The van der Waals surface area contributed by atoms with Crippen LogP contribution in [0.1, 0.15) is 71.0 Å². The van der Waals surface area contributed by atoms with Gasteiger partial charge in [0, 0.05) is 6.16 Å². The van der Waals surface area contributed by atoms with Crippen LogP contribution in [0.15, 0.2) is 54.6 Å². The van der Waals surface area contributed by atoms with E-state index < -0.39 is 7.37 Å². The van der Waals surface area contributed by atoms with Gasteiger partial charge >= 0.3 is 0 Å². The molecule has 0 aliphatic carbocycles. The number of aryl methyl sites for hydroxylation is 3. The maximum Gasteiger partial charge on any atom is 0.239 e. The topological polar surface area (TPSA) is 55.8 Å². The zero-order valence-corrected chi connectivity index (χ0v) is 22.4. The van der Waals surface area contributed by atoms with Gasteiger partial charge in [0.15, 0.2) is 6.35 Å². The lowest BCUT2D eigenvalue weighted by Crippen LogP contribution is -2.19. The first kappa shape index (κ1) is 25.5. The van der Waals surface area contributed by atoms with Gasteiger partial charge < -0.3 is 14.4 Å².